The number of carbonyl (C=O) groups is 1. The van der Waals surface area contributed by atoms with Crippen LogP contribution in [0.25, 0.3) is 11.0 Å². The first-order valence-electron chi connectivity index (χ1n) is 5.52. The summed E-state index contributed by atoms with van der Waals surface area (Å²) in [6.07, 6.45) is 2.55. The van der Waals surface area contributed by atoms with Crippen LogP contribution in [0.5, 0.6) is 5.75 Å². The van der Waals surface area contributed by atoms with Crippen LogP contribution < -0.4 is 4.74 Å². The van der Waals surface area contributed by atoms with E-state index in [0.29, 0.717) is 16.8 Å². The Kier molecular flexibility index (Phi) is 2.94. The molecule has 6 nitrogen and oxygen atoms in total. The van der Waals surface area contributed by atoms with Gasteiger partial charge in [0.15, 0.2) is 0 Å². The van der Waals surface area contributed by atoms with Crippen molar-refractivity contribution < 1.29 is 14.3 Å². The molecule has 0 fully saturated rings. The molecular weight excluding hydrogens is 234 g/mol. The molecule has 2 rings (SSSR count). The van der Waals surface area contributed by atoms with Crippen molar-refractivity contribution in [3.05, 3.63) is 18.5 Å². The molecule has 0 aliphatic carbocycles. The molecule has 0 saturated heterocycles. The van der Waals surface area contributed by atoms with Crippen LogP contribution in [-0.2, 0) is 4.74 Å². The summed E-state index contributed by atoms with van der Waals surface area (Å²) in [7, 11) is 1.54. The third-order valence-corrected chi connectivity index (χ3v) is 2.20. The molecule has 96 valence electrons. The Balaban J connectivity index is 2.42. The maximum atomic E-state index is 11.9. The van der Waals surface area contributed by atoms with E-state index < -0.39 is 11.7 Å². The molecule has 0 N–H and O–H groups in total. The van der Waals surface area contributed by atoms with Crippen molar-refractivity contribution >= 4 is 17.1 Å². The summed E-state index contributed by atoms with van der Waals surface area (Å²) in [6.45, 7) is 5.40. The molecule has 0 saturated carbocycles. The first-order chi connectivity index (χ1) is 8.40. The molecule has 18 heavy (non-hydrogen) atoms. The fourth-order valence-corrected chi connectivity index (χ4v) is 1.45. The molecular formula is C12H15N3O3. The molecule has 2 aromatic heterocycles. The van der Waals surface area contributed by atoms with Gasteiger partial charge in [-0.05, 0) is 20.8 Å². The highest BCUT2D eigenvalue weighted by Crippen LogP contribution is 2.19. The largest absolute Gasteiger partial charge is 0.495 e. The molecule has 0 bridgehead atoms. The highest BCUT2D eigenvalue weighted by atomic mass is 16.6. The zero-order valence-corrected chi connectivity index (χ0v) is 10.8. The lowest BCUT2D eigenvalue weighted by Gasteiger charge is -2.19. The van der Waals surface area contributed by atoms with Crippen molar-refractivity contribution in [1.29, 1.82) is 0 Å². The van der Waals surface area contributed by atoms with Gasteiger partial charge < -0.3 is 9.47 Å². The van der Waals surface area contributed by atoms with Gasteiger partial charge in [0.1, 0.15) is 22.4 Å². The normalized spacial score (nSPS) is 11.6. The number of methoxy groups -OCH3 is 1. The van der Waals surface area contributed by atoms with E-state index in [4.69, 9.17) is 9.47 Å². The number of aromatic nitrogens is 3. The van der Waals surface area contributed by atoms with Gasteiger partial charge in [-0.15, -0.1) is 0 Å². The van der Waals surface area contributed by atoms with Crippen LogP contribution in [0, 0.1) is 0 Å². The number of pyridine rings is 1. The zero-order chi connectivity index (χ0) is 13.3. The number of carbonyl (C=O) groups excluding carboxylic acids is 1. The van der Waals surface area contributed by atoms with Gasteiger partial charge in [-0.3, -0.25) is 0 Å². The van der Waals surface area contributed by atoms with Crippen molar-refractivity contribution in [2.75, 3.05) is 7.11 Å². The van der Waals surface area contributed by atoms with Crippen molar-refractivity contribution in [1.82, 2.24) is 14.8 Å². The van der Waals surface area contributed by atoms with Crippen molar-refractivity contribution in [3.8, 4) is 5.75 Å². The van der Waals surface area contributed by atoms with Crippen molar-refractivity contribution in [2.24, 2.45) is 0 Å². The van der Waals surface area contributed by atoms with Gasteiger partial charge in [-0.25, -0.2) is 9.78 Å². The topological polar surface area (TPSA) is 66.2 Å². The molecule has 2 aromatic rings. The van der Waals surface area contributed by atoms with E-state index in [1.54, 1.807) is 33.0 Å². The number of ether oxygens (including phenoxy) is 2. The highest BCUT2D eigenvalue weighted by molar-refractivity contribution is 5.86. The van der Waals surface area contributed by atoms with Gasteiger partial charge in [0.2, 0.25) is 0 Å². The van der Waals surface area contributed by atoms with Gasteiger partial charge in [0, 0.05) is 6.07 Å². The first-order valence-corrected chi connectivity index (χ1v) is 5.52. The quantitative estimate of drug-likeness (QED) is 0.775. The maximum absolute atomic E-state index is 11.9. The molecule has 0 spiro atoms. The summed E-state index contributed by atoms with van der Waals surface area (Å²) in [5, 5.41) is 3.98. The van der Waals surface area contributed by atoms with Crippen LogP contribution in [-0.4, -0.2) is 33.6 Å². The molecule has 0 aliphatic heterocycles. The molecule has 0 unspecified atom stereocenters. The Labute approximate surface area is 105 Å². The van der Waals surface area contributed by atoms with Gasteiger partial charge in [-0.2, -0.15) is 9.78 Å². The SMILES string of the molecule is COc1cnc2cnn(C(=O)OC(C)(C)C)c2c1. The Morgan fingerprint density at radius 2 is 2.06 bits per heavy atom. The number of hydrogen-bond donors (Lipinski definition) is 0. The molecule has 0 radical (unpaired) electrons. The fraction of sp³-hybridized carbons (Fsp3) is 0.417. The highest BCUT2D eigenvalue weighted by Gasteiger charge is 2.20. The molecule has 0 aromatic carbocycles. The van der Waals surface area contributed by atoms with E-state index in [-0.39, 0.29) is 0 Å². The molecule has 0 aliphatic rings. The van der Waals surface area contributed by atoms with Crippen molar-refractivity contribution in [3.63, 3.8) is 0 Å². The second-order valence-electron chi connectivity index (χ2n) is 4.82. The summed E-state index contributed by atoms with van der Waals surface area (Å²) in [5.41, 5.74) is 0.604. The maximum Gasteiger partial charge on any atom is 0.435 e. The smallest absolute Gasteiger partial charge is 0.435 e. The Hall–Kier alpha value is -2.11. The van der Waals surface area contributed by atoms with E-state index in [1.165, 1.54) is 18.0 Å². The summed E-state index contributed by atoms with van der Waals surface area (Å²) in [4.78, 5) is 16.1. The second-order valence-corrected chi connectivity index (χ2v) is 4.82. The second kappa shape index (κ2) is 4.29. The van der Waals surface area contributed by atoms with Gasteiger partial charge in [0.05, 0.1) is 19.5 Å². The van der Waals surface area contributed by atoms with E-state index in [9.17, 15) is 4.79 Å². The summed E-state index contributed by atoms with van der Waals surface area (Å²) >= 11 is 0. The van der Waals surface area contributed by atoms with E-state index >= 15 is 0 Å². The van der Waals surface area contributed by atoms with Crippen LogP contribution in [0.1, 0.15) is 20.8 Å². The van der Waals surface area contributed by atoms with E-state index in [1.807, 2.05) is 0 Å². The lowest BCUT2D eigenvalue weighted by Crippen LogP contribution is -2.27. The van der Waals surface area contributed by atoms with E-state index in [2.05, 4.69) is 10.1 Å². The van der Waals surface area contributed by atoms with Gasteiger partial charge in [0.25, 0.3) is 0 Å². The fourth-order valence-electron chi connectivity index (χ4n) is 1.45. The molecule has 0 atom stereocenters. The predicted octanol–water partition coefficient (Wildman–Crippen LogP) is 2.22. The minimum Gasteiger partial charge on any atom is -0.495 e. The van der Waals surface area contributed by atoms with Gasteiger partial charge >= 0.3 is 6.09 Å². The van der Waals surface area contributed by atoms with E-state index in [0.717, 1.165) is 0 Å². The standard InChI is InChI=1S/C12H15N3O3/c1-12(2,3)18-11(16)15-10-5-8(17-4)6-13-9(10)7-14-15/h5-7H,1-4H3. The third kappa shape index (κ3) is 2.42. The number of nitrogens with zero attached hydrogens (tertiary/aromatic N) is 3. The zero-order valence-electron chi connectivity index (χ0n) is 10.8. The predicted molar refractivity (Wildman–Crippen MR) is 65.7 cm³/mol. The molecule has 2 heterocycles. The summed E-state index contributed by atoms with van der Waals surface area (Å²) < 4.78 is 11.5. The van der Waals surface area contributed by atoms with Crippen molar-refractivity contribution in [2.45, 2.75) is 26.4 Å². The van der Waals surface area contributed by atoms with Crippen LogP contribution in [0.15, 0.2) is 18.5 Å². The number of fused-ring (bicyclic) bond motifs is 1. The molecule has 0 amide bonds. The Bertz CT molecular complexity index is 584. The van der Waals surface area contributed by atoms with Crippen LogP contribution in [0.2, 0.25) is 0 Å². The lowest BCUT2D eigenvalue weighted by molar-refractivity contribution is 0.0522. The molecule has 6 heteroatoms. The minimum atomic E-state index is -0.568. The van der Waals surface area contributed by atoms with Crippen LogP contribution >= 0.6 is 0 Å². The Morgan fingerprint density at radius 1 is 1.33 bits per heavy atom. The number of rotatable bonds is 1. The summed E-state index contributed by atoms with van der Waals surface area (Å²) in [6, 6.07) is 1.69. The van der Waals surface area contributed by atoms with Gasteiger partial charge in [-0.1, -0.05) is 0 Å². The average molecular weight is 249 g/mol. The first kappa shape index (κ1) is 12.3. The lowest BCUT2D eigenvalue weighted by atomic mass is 10.2. The minimum absolute atomic E-state index is 0.535. The van der Waals surface area contributed by atoms with Crippen LogP contribution in [0.3, 0.4) is 0 Å². The summed E-state index contributed by atoms with van der Waals surface area (Å²) in [5.74, 6) is 0.563. The third-order valence-electron chi connectivity index (χ3n) is 2.20. The van der Waals surface area contributed by atoms with Crippen LogP contribution in [0.4, 0.5) is 4.79 Å². The average Bonchev–Trinajstić information content (AvgIpc) is 2.69. The monoisotopic (exact) mass is 249 g/mol. The number of hydrogen-bond acceptors (Lipinski definition) is 5. The Morgan fingerprint density at radius 3 is 2.67 bits per heavy atom.